The van der Waals surface area contributed by atoms with Crippen LogP contribution in [0.1, 0.15) is 19.5 Å². The fraction of sp³-hybridized carbons (Fsp3) is 0.545. The minimum Gasteiger partial charge on any atom is -0.387 e. The molecule has 94 valence electrons. The minimum absolute atomic E-state index is 0.0923. The largest absolute Gasteiger partial charge is 0.387 e. The van der Waals surface area contributed by atoms with Crippen LogP contribution in [0.2, 0.25) is 0 Å². The van der Waals surface area contributed by atoms with Gasteiger partial charge in [-0.05, 0) is 13.8 Å². The molecular formula is C11H18FN5. The van der Waals surface area contributed by atoms with E-state index in [0.29, 0.717) is 18.8 Å². The van der Waals surface area contributed by atoms with E-state index in [-0.39, 0.29) is 17.6 Å². The van der Waals surface area contributed by atoms with Crippen LogP contribution in [0.5, 0.6) is 0 Å². The number of rotatable bonds is 5. The first-order valence-electron chi connectivity index (χ1n) is 5.53. The predicted molar refractivity (Wildman–Crippen MR) is 65.7 cm³/mol. The van der Waals surface area contributed by atoms with E-state index in [1.807, 2.05) is 13.8 Å². The standard InChI is InChI=1S/C11H18FN5/c1-4-17(5-7(2)10(13)14)11-9(12)8(3)15-6-16-11/h6-7H,4-5H2,1-3H3,(H3,13,14). The number of aromatic nitrogens is 2. The van der Waals surface area contributed by atoms with Gasteiger partial charge < -0.3 is 10.6 Å². The van der Waals surface area contributed by atoms with Gasteiger partial charge >= 0.3 is 0 Å². The maximum absolute atomic E-state index is 13.8. The molecule has 1 atom stereocenters. The van der Waals surface area contributed by atoms with Crippen molar-refractivity contribution in [3.05, 3.63) is 17.8 Å². The van der Waals surface area contributed by atoms with Gasteiger partial charge in [0.2, 0.25) is 0 Å². The van der Waals surface area contributed by atoms with Gasteiger partial charge in [0, 0.05) is 19.0 Å². The van der Waals surface area contributed by atoms with Crippen LogP contribution in [0, 0.1) is 24.1 Å². The van der Waals surface area contributed by atoms with Gasteiger partial charge in [-0.3, -0.25) is 5.41 Å². The van der Waals surface area contributed by atoms with Crippen LogP contribution in [0.3, 0.4) is 0 Å². The molecule has 0 aromatic carbocycles. The molecule has 0 aliphatic rings. The molecule has 1 rings (SSSR count). The van der Waals surface area contributed by atoms with Crippen molar-refractivity contribution >= 4 is 11.7 Å². The van der Waals surface area contributed by atoms with Crippen molar-refractivity contribution in [3.63, 3.8) is 0 Å². The Morgan fingerprint density at radius 3 is 2.76 bits per heavy atom. The molecule has 5 nitrogen and oxygen atoms in total. The molecule has 1 aromatic rings. The van der Waals surface area contributed by atoms with E-state index in [9.17, 15) is 4.39 Å². The summed E-state index contributed by atoms with van der Waals surface area (Å²) >= 11 is 0. The van der Waals surface area contributed by atoms with Crippen molar-refractivity contribution < 1.29 is 4.39 Å². The Labute approximate surface area is 100 Å². The van der Waals surface area contributed by atoms with Crippen LogP contribution in [0.25, 0.3) is 0 Å². The lowest BCUT2D eigenvalue weighted by molar-refractivity contribution is 0.583. The third-order valence-electron chi connectivity index (χ3n) is 2.65. The fourth-order valence-electron chi connectivity index (χ4n) is 1.46. The van der Waals surface area contributed by atoms with Crippen LogP contribution in [-0.2, 0) is 0 Å². The van der Waals surface area contributed by atoms with Gasteiger partial charge in [0.15, 0.2) is 11.6 Å². The van der Waals surface area contributed by atoms with Gasteiger partial charge in [-0.1, -0.05) is 6.92 Å². The fourth-order valence-corrected chi connectivity index (χ4v) is 1.46. The average molecular weight is 239 g/mol. The highest BCUT2D eigenvalue weighted by Gasteiger charge is 2.17. The third kappa shape index (κ3) is 3.12. The van der Waals surface area contributed by atoms with Crippen molar-refractivity contribution in [2.75, 3.05) is 18.0 Å². The summed E-state index contributed by atoms with van der Waals surface area (Å²) in [4.78, 5) is 9.50. The number of aryl methyl sites for hydroxylation is 1. The molecule has 1 heterocycles. The van der Waals surface area contributed by atoms with Crippen molar-refractivity contribution in [3.8, 4) is 0 Å². The van der Waals surface area contributed by atoms with Gasteiger partial charge in [-0.15, -0.1) is 0 Å². The highest BCUT2D eigenvalue weighted by Crippen LogP contribution is 2.18. The molecule has 6 heteroatoms. The number of nitrogens with one attached hydrogen (secondary N) is 1. The highest BCUT2D eigenvalue weighted by atomic mass is 19.1. The molecule has 1 unspecified atom stereocenters. The number of anilines is 1. The van der Waals surface area contributed by atoms with Gasteiger partial charge in [0.25, 0.3) is 0 Å². The Balaban J connectivity index is 2.94. The molecule has 0 aliphatic heterocycles. The van der Waals surface area contributed by atoms with E-state index in [0.717, 1.165) is 0 Å². The third-order valence-corrected chi connectivity index (χ3v) is 2.65. The molecule has 0 amide bonds. The second kappa shape index (κ2) is 5.56. The average Bonchev–Trinajstić information content (AvgIpc) is 2.29. The summed E-state index contributed by atoms with van der Waals surface area (Å²) in [6.45, 7) is 6.41. The molecule has 3 N–H and O–H groups in total. The quantitative estimate of drug-likeness (QED) is 0.600. The maximum Gasteiger partial charge on any atom is 0.186 e. The molecule has 0 aliphatic carbocycles. The van der Waals surface area contributed by atoms with Gasteiger partial charge in [-0.25, -0.2) is 14.4 Å². The van der Waals surface area contributed by atoms with Crippen LogP contribution in [-0.4, -0.2) is 28.9 Å². The first-order chi connectivity index (χ1) is 7.97. The zero-order chi connectivity index (χ0) is 13.0. The van der Waals surface area contributed by atoms with Crippen molar-refractivity contribution in [1.82, 2.24) is 9.97 Å². The van der Waals surface area contributed by atoms with Gasteiger partial charge in [0.05, 0.1) is 11.5 Å². The smallest absolute Gasteiger partial charge is 0.186 e. The lowest BCUT2D eigenvalue weighted by atomic mass is 10.1. The molecular weight excluding hydrogens is 221 g/mol. The summed E-state index contributed by atoms with van der Waals surface area (Å²) in [6, 6.07) is 0. The molecule has 0 saturated carbocycles. The summed E-state index contributed by atoms with van der Waals surface area (Å²) < 4.78 is 13.8. The van der Waals surface area contributed by atoms with Crippen molar-refractivity contribution in [1.29, 1.82) is 5.41 Å². The normalized spacial score (nSPS) is 12.2. The predicted octanol–water partition coefficient (Wildman–Crippen LogP) is 1.32. The topological polar surface area (TPSA) is 78.9 Å². The summed E-state index contributed by atoms with van der Waals surface area (Å²) in [6.07, 6.45) is 1.34. The molecule has 0 saturated heterocycles. The van der Waals surface area contributed by atoms with E-state index >= 15 is 0 Å². The zero-order valence-electron chi connectivity index (χ0n) is 10.4. The van der Waals surface area contributed by atoms with E-state index in [1.165, 1.54) is 6.33 Å². The Hall–Kier alpha value is -1.72. The summed E-state index contributed by atoms with van der Waals surface area (Å²) in [7, 11) is 0. The minimum atomic E-state index is -0.412. The number of nitrogens with two attached hydrogens (primary N) is 1. The van der Waals surface area contributed by atoms with Crippen molar-refractivity contribution in [2.45, 2.75) is 20.8 Å². The monoisotopic (exact) mass is 239 g/mol. The van der Waals surface area contributed by atoms with Crippen LogP contribution in [0.4, 0.5) is 10.2 Å². The first kappa shape index (κ1) is 13.3. The van der Waals surface area contributed by atoms with Crippen molar-refractivity contribution in [2.24, 2.45) is 11.7 Å². The second-order valence-corrected chi connectivity index (χ2v) is 3.99. The molecule has 0 bridgehead atoms. The Bertz CT molecular complexity index is 407. The summed E-state index contributed by atoms with van der Waals surface area (Å²) in [5, 5.41) is 7.35. The Morgan fingerprint density at radius 1 is 1.59 bits per heavy atom. The number of hydrogen-bond donors (Lipinski definition) is 2. The van der Waals surface area contributed by atoms with Crippen LogP contribution in [0.15, 0.2) is 6.33 Å². The lowest BCUT2D eigenvalue weighted by Gasteiger charge is -2.25. The van der Waals surface area contributed by atoms with Gasteiger partial charge in [-0.2, -0.15) is 0 Å². The first-order valence-corrected chi connectivity index (χ1v) is 5.53. The molecule has 0 radical (unpaired) electrons. The molecule has 1 aromatic heterocycles. The van der Waals surface area contributed by atoms with Gasteiger partial charge in [0.1, 0.15) is 6.33 Å². The highest BCUT2D eigenvalue weighted by molar-refractivity contribution is 5.79. The van der Waals surface area contributed by atoms with E-state index in [1.54, 1.807) is 11.8 Å². The zero-order valence-corrected chi connectivity index (χ0v) is 10.4. The van der Waals surface area contributed by atoms with E-state index in [4.69, 9.17) is 11.1 Å². The van der Waals surface area contributed by atoms with E-state index < -0.39 is 5.82 Å². The molecule has 17 heavy (non-hydrogen) atoms. The molecule has 0 spiro atoms. The number of hydrogen-bond acceptors (Lipinski definition) is 4. The maximum atomic E-state index is 13.8. The lowest BCUT2D eigenvalue weighted by Crippen LogP contribution is -2.35. The van der Waals surface area contributed by atoms with Crippen LogP contribution < -0.4 is 10.6 Å². The summed E-state index contributed by atoms with van der Waals surface area (Å²) in [5.41, 5.74) is 5.74. The number of halogens is 1. The SMILES string of the molecule is CCN(CC(C)C(=N)N)c1ncnc(C)c1F. The van der Waals surface area contributed by atoms with Crippen LogP contribution >= 0.6 is 0 Å². The Kier molecular flexibility index (Phi) is 4.37. The Morgan fingerprint density at radius 2 is 2.24 bits per heavy atom. The summed E-state index contributed by atoms with van der Waals surface area (Å²) in [5.74, 6) is -0.183. The number of amidine groups is 1. The number of nitrogens with zero attached hydrogens (tertiary/aromatic N) is 3. The second-order valence-electron chi connectivity index (χ2n) is 3.99. The molecule has 0 fully saturated rings. The van der Waals surface area contributed by atoms with E-state index in [2.05, 4.69) is 9.97 Å².